The molecular weight excluding hydrogens is 372 g/mol. The standard InChI is InChI=1S/C20H24N6O3/c1-24-9-2-3-15(19(24)28)23-20(29)26-13-8-10-25(11-13)16-7-6-14(22-17(16)26)18(27)21-12-4-5-12/h2-3,6-7,9,12-14,22H,4-5,8,10-11H2,1H3,(H,21,27)(H,23,29). The number of anilines is 1. The van der Waals surface area contributed by atoms with Gasteiger partial charge >= 0.3 is 6.03 Å². The molecule has 1 aliphatic carbocycles. The number of carbonyl (C=O) groups excluding carboxylic acids is 2. The molecule has 0 radical (unpaired) electrons. The quantitative estimate of drug-likeness (QED) is 0.682. The Kier molecular flexibility index (Phi) is 4.11. The summed E-state index contributed by atoms with van der Waals surface area (Å²) in [5.74, 6) is 0.544. The average Bonchev–Trinajstić information content (AvgIpc) is 3.43. The Balaban J connectivity index is 1.41. The maximum absolute atomic E-state index is 13.2. The third-order valence-electron chi connectivity index (χ3n) is 5.88. The highest BCUT2D eigenvalue weighted by Gasteiger charge is 2.43. The SMILES string of the molecule is Cn1cccc(NC(=O)N2C3=C(C=CC(C(=O)NC4CC4)N3)N3CCC2C3)c1=O. The van der Waals surface area contributed by atoms with Gasteiger partial charge in [-0.25, -0.2) is 4.79 Å². The van der Waals surface area contributed by atoms with Crippen LogP contribution in [0.2, 0.25) is 0 Å². The van der Waals surface area contributed by atoms with Crippen LogP contribution >= 0.6 is 0 Å². The van der Waals surface area contributed by atoms with E-state index >= 15 is 0 Å². The second-order valence-corrected chi connectivity index (χ2v) is 8.02. The van der Waals surface area contributed by atoms with Crippen LogP contribution in [0.25, 0.3) is 0 Å². The molecule has 29 heavy (non-hydrogen) atoms. The minimum absolute atomic E-state index is 0.00698. The molecule has 3 amide bonds. The van der Waals surface area contributed by atoms with Gasteiger partial charge in [0.05, 0.1) is 11.7 Å². The van der Waals surface area contributed by atoms with E-state index in [1.165, 1.54) is 4.57 Å². The summed E-state index contributed by atoms with van der Waals surface area (Å²) in [4.78, 5) is 41.9. The Morgan fingerprint density at radius 3 is 2.86 bits per heavy atom. The molecule has 1 aromatic heterocycles. The van der Waals surface area contributed by atoms with E-state index in [2.05, 4.69) is 20.9 Å². The van der Waals surface area contributed by atoms with E-state index in [0.717, 1.165) is 38.0 Å². The number of hydrogen-bond acceptors (Lipinski definition) is 5. The van der Waals surface area contributed by atoms with Gasteiger partial charge in [0.1, 0.15) is 17.6 Å². The molecule has 1 saturated carbocycles. The molecule has 2 fully saturated rings. The Hall–Kier alpha value is -3.23. The highest BCUT2D eigenvalue weighted by Crippen LogP contribution is 2.33. The lowest BCUT2D eigenvalue weighted by Gasteiger charge is -2.40. The van der Waals surface area contributed by atoms with Crippen molar-refractivity contribution in [3.05, 3.63) is 52.4 Å². The summed E-state index contributed by atoms with van der Waals surface area (Å²) >= 11 is 0. The number of pyridine rings is 1. The molecule has 9 heteroatoms. The van der Waals surface area contributed by atoms with Crippen molar-refractivity contribution < 1.29 is 9.59 Å². The number of aryl methyl sites for hydroxylation is 1. The Morgan fingerprint density at radius 2 is 2.07 bits per heavy atom. The molecule has 1 aromatic rings. The predicted molar refractivity (Wildman–Crippen MR) is 107 cm³/mol. The van der Waals surface area contributed by atoms with Crippen molar-refractivity contribution in [1.82, 2.24) is 25.0 Å². The molecule has 3 aliphatic heterocycles. The maximum atomic E-state index is 13.2. The molecule has 3 N–H and O–H groups in total. The Bertz CT molecular complexity index is 992. The van der Waals surface area contributed by atoms with E-state index in [1.807, 2.05) is 12.2 Å². The fraction of sp³-hybridized carbons (Fsp3) is 0.450. The first-order chi connectivity index (χ1) is 14.0. The van der Waals surface area contributed by atoms with Gasteiger partial charge in [-0.2, -0.15) is 0 Å². The lowest BCUT2D eigenvalue weighted by atomic mass is 10.1. The van der Waals surface area contributed by atoms with Gasteiger partial charge < -0.3 is 25.4 Å². The summed E-state index contributed by atoms with van der Waals surface area (Å²) in [5.41, 5.74) is 0.876. The smallest absolute Gasteiger partial charge is 0.327 e. The average molecular weight is 396 g/mol. The minimum Gasteiger partial charge on any atom is -0.366 e. The number of dihydropyridines is 1. The number of hydrogen-bond donors (Lipinski definition) is 3. The summed E-state index contributed by atoms with van der Waals surface area (Å²) in [6.07, 6.45) is 8.29. The van der Waals surface area contributed by atoms with E-state index in [0.29, 0.717) is 5.82 Å². The third-order valence-corrected chi connectivity index (χ3v) is 5.88. The molecule has 9 nitrogen and oxygen atoms in total. The van der Waals surface area contributed by atoms with Gasteiger partial charge in [-0.05, 0) is 37.5 Å². The van der Waals surface area contributed by atoms with Crippen LogP contribution in [-0.4, -0.2) is 57.5 Å². The number of nitrogens with zero attached hydrogens (tertiary/aromatic N) is 3. The highest BCUT2D eigenvalue weighted by atomic mass is 16.2. The van der Waals surface area contributed by atoms with E-state index in [9.17, 15) is 14.4 Å². The fourth-order valence-electron chi connectivity index (χ4n) is 4.14. The first kappa shape index (κ1) is 17.8. The topological polar surface area (TPSA) is 98.7 Å². The fourth-order valence-corrected chi connectivity index (χ4v) is 4.14. The number of fused-ring (bicyclic) bond motifs is 3. The van der Waals surface area contributed by atoms with Crippen LogP contribution in [0.5, 0.6) is 0 Å². The van der Waals surface area contributed by atoms with Crippen molar-refractivity contribution in [2.75, 3.05) is 18.4 Å². The number of nitrogens with one attached hydrogen (secondary N) is 3. The van der Waals surface area contributed by atoms with Crippen LogP contribution in [0, 0.1) is 0 Å². The molecule has 152 valence electrons. The summed E-state index contributed by atoms with van der Waals surface area (Å²) in [6, 6.07) is 2.69. The van der Waals surface area contributed by atoms with Gasteiger partial charge in [-0.15, -0.1) is 0 Å². The van der Waals surface area contributed by atoms with E-state index in [1.54, 1.807) is 30.3 Å². The second kappa shape index (κ2) is 6.68. The van der Waals surface area contributed by atoms with Crippen molar-refractivity contribution in [1.29, 1.82) is 0 Å². The monoisotopic (exact) mass is 396 g/mol. The maximum Gasteiger partial charge on any atom is 0.327 e. The van der Waals surface area contributed by atoms with Crippen molar-refractivity contribution in [3.8, 4) is 0 Å². The van der Waals surface area contributed by atoms with Crippen molar-refractivity contribution in [3.63, 3.8) is 0 Å². The second-order valence-electron chi connectivity index (χ2n) is 8.02. The molecule has 2 atom stereocenters. The van der Waals surface area contributed by atoms with Crippen LogP contribution in [0.3, 0.4) is 0 Å². The Morgan fingerprint density at radius 1 is 1.24 bits per heavy atom. The molecule has 4 heterocycles. The Labute approximate surface area is 168 Å². The highest BCUT2D eigenvalue weighted by molar-refractivity contribution is 5.91. The molecule has 4 aliphatic rings. The van der Waals surface area contributed by atoms with Gasteiger partial charge in [0.15, 0.2) is 0 Å². The number of urea groups is 1. The molecule has 1 saturated heterocycles. The van der Waals surface area contributed by atoms with Gasteiger partial charge in [-0.1, -0.05) is 6.08 Å². The third kappa shape index (κ3) is 3.16. The lowest BCUT2D eigenvalue weighted by molar-refractivity contribution is -0.122. The summed E-state index contributed by atoms with van der Waals surface area (Å²) in [5, 5.41) is 9.01. The predicted octanol–water partition coefficient (Wildman–Crippen LogP) is 0.283. The summed E-state index contributed by atoms with van der Waals surface area (Å²) in [6.45, 7) is 1.59. The zero-order valence-corrected chi connectivity index (χ0v) is 16.2. The van der Waals surface area contributed by atoms with Gasteiger partial charge in [-0.3, -0.25) is 14.5 Å². The van der Waals surface area contributed by atoms with Crippen molar-refractivity contribution in [2.45, 2.75) is 37.4 Å². The summed E-state index contributed by atoms with van der Waals surface area (Å²) < 4.78 is 1.42. The van der Waals surface area contributed by atoms with E-state index in [-0.39, 0.29) is 35.3 Å². The van der Waals surface area contributed by atoms with Crippen LogP contribution in [0.1, 0.15) is 19.3 Å². The zero-order valence-electron chi connectivity index (χ0n) is 16.2. The number of aromatic nitrogens is 1. The van der Waals surface area contributed by atoms with Gasteiger partial charge in [0.2, 0.25) is 5.91 Å². The molecule has 5 rings (SSSR count). The molecule has 0 aromatic carbocycles. The lowest BCUT2D eigenvalue weighted by Crippen LogP contribution is -2.56. The molecule has 2 unspecified atom stereocenters. The first-order valence-corrected chi connectivity index (χ1v) is 10.0. The minimum atomic E-state index is -0.520. The zero-order chi connectivity index (χ0) is 20.1. The molecular formula is C20H24N6O3. The largest absolute Gasteiger partial charge is 0.366 e. The van der Waals surface area contributed by atoms with E-state index < -0.39 is 6.04 Å². The number of allylic oxidation sites excluding steroid dienone is 1. The van der Waals surface area contributed by atoms with Gasteiger partial charge in [0, 0.05) is 32.4 Å². The van der Waals surface area contributed by atoms with Crippen LogP contribution in [0.15, 0.2) is 46.8 Å². The van der Waals surface area contributed by atoms with Gasteiger partial charge in [0.25, 0.3) is 5.56 Å². The molecule has 0 spiro atoms. The van der Waals surface area contributed by atoms with E-state index in [4.69, 9.17) is 0 Å². The number of carbonyl (C=O) groups is 2. The van der Waals surface area contributed by atoms with Crippen LogP contribution in [0.4, 0.5) is 10.5 Å². The number of rotatable bonds is 3. The normalized spacial score (nSPS) is 24.9. The van der Waals surface area contributed by atoms with Crippen molar-refractivity contribution >= 4 is 17.6 Å². The molecule has 2 bridgehead atoms. The van der Waals surface area contributed by atoms with Crippen LogP contribution < -0.4 is 21.5 Å². The van der Waals surface area contributed by atoms with Crippen molar-refractivity contribution in [2.24, 2.45) is 7.05 Å². The first-order valence-electron chi connectivity index (χ1n) is 10.0. The van der Waals surface area contributed by atoms with Crippen LogP contribution in [-0.2, 0) is 11.8 Å². The number of amides is 3. The summed E-state index contributed by atoms with van der Waals surface area (Å²) in [7, 11) is 1.64.